The molecule has 2 rings (SSSR count). The van der Waals surface area contributed by atoms with Gasteiger partial charge in [0.15, 0.2) is 0 Å². The number of aliphatic hydroxyl groups excluding tert-OH is 1. The summed E-state index contributed by atoms with van der Waals surface area (Å²) in [5.74, 6) is 0. The highest BCUT2D eigenvalue weighted by atomic mass is 35.5. The standard InChI is InChI=1S/C14H13Cl2NO/c15-12-5-11(6-13(16)7-12)8-17-14-3-1-10(9-18)2-4-14/h1-7,17-18H,8-9H2. The number of halogens is 2. The third-order valence-electron chi connectivity index (χ3n) is 2.56. The van der Waals surface area contributed by atoms with Gasteiger partial charge in [-0.1, -0.05) is 35.3 Å². The van der Waals surface area contributed by atoms with Crippen LogP contribution in [0.25, 0.3) is 0 Å². The van der Waals surface area contributed by atoms with Gasteiger partial charge in [-0.3, -0.25) is 0 Å². The predicted octanol–water partition coefficient (Wildman–Crippen LogP) is 4.10. The minimum atomic E-state index is 0.0597. The summed E-state index contributed by atoms with van der Waals surface area (Å²) in [5, 5.41) is 13.5. The lowest BCUT2D eigenvalue weighted by molar-refractivity contribution is 0.282. The number of anilines is 1. The predicted molar refractivity (Wildman–Crippen MR) is 76.2 cm³/mol. The van der Waals surface area contributed by atoms with E-state index in [9.17, 15) is 0 Å². The molecule has 0 aromatic heterocycles. The summed E-state index contributed by atoms with van der Waals surface area (Å²) in [6, 6.07) is 13.1. The largest absolute Gasteiger partial charge is 0.392 e. The van der Waals surface area contributed by atoms with Gasteiger partial charge in [0.05, 0.1) is 6.61 Å². The molecule has 0 atom stereocenters. The lowest BCUT2D eigenvalue weighted by atomic mass is 10.2. The lowest BCUT2D eigenvalue weighted by Crippen LogP contribution is -1.99. The number of benzene rings is 2. The van der Waals surface area contributed by atoms with E-state index in [2.05, 4.69) is 5.32 Å². The van der Waals surface area contributed by atoms with Crippen molar-refractivity contribution < 1.29 is 5.11 Å². The third-order valence-corrected chi connectivity index (χ3v) is 2.99. The van der Waals surface area contributed by atoms with Crippen LogP contribution in [0, 0.1) is 0 Å². The van der Waals surface area contributed by atoms with E-state index in [1.54, 1.807) is 6.07 Å². The molecule has 0 unspecified atom stereocenters. The van der Waals surface area contributed by atoms with Crippen molar-refractivity contribution in [3.05, 3.63) is 63.6 Å². The molecule has 0 amide bonds. The fourth-order valence-corrected chi connectivity index (χ4v) is 2.22. The van der Waals surface area contributed by atoms with Gasteiger partial charge in [0.2, 0.25) is 0 Å². The van der Waals surface area contributed by atoms with Crippen LogP contribution in [0.1, 0.15) is 11.1 Å². The van der Waals surface area contributed by atoms with E-state index in [0.29, 0.717) is 16.6 Å². The smallest absolute Gasteiger partial charge is 0.0681 e. The molecule has 18 heavy (non-hydrogen) atoms. The molecule has 2 N–H and O–H groups in total. The van der Waals surface area contributed by atoms with E-state index >= 15 is 0 Å². The Hall–Kier alpha value is -1.22. The molecule has 0 aliphatic rings. The van der Waals surface area contributed by atoms with Crippen molar-refractivity contribution in [2.24, 2.45) is 0 Å². The van der Waals surface area contributed by atoms with Gasteiger partial charge in [-0.25, -0.2) is 0 Å². The normalized spacial score (nSPS) is 10.4. The minimum Gasteiger partial charge on any atom is -0.392 e. The molecule has 0 spiro atoms. The third kappa shape index (κ3) is 3.64. The van der Waals surface area contributed by atoms with Gasteiger partial charge in [-0.15, -0.1) is 0 Å². The molecular weight excluding hydrogens is 269 g/mol. The zero-order chi connectivity index (χ0) is 13.0. The number of nitrogens with one attached hydrogen (secondary N) is 1. The second kappa shape index (κ2) is 6.10. The Bertz CT molecular complexity index is 506. The fourth-order valence-electron chi connectivity index (χ4n) is 1.65. The second-order valence-electron chi connectivity index (χ2n) is 3.99. The zero-order valence-electron chi connectivity index (χ0n) is 9.66. The summed E-state index contributed by atoms with van der Waals surface area (Å²) in [6.07, 6.45) is 0. The van der Waals surface area contributed by atoms with Crippen LogP contribution in [0.4, 0.5) is 5.69 Å². The first-order chi connectivity index (χ1) is 8.67. The molecule has 2 aromatic carbocycles. The van der Waals surface area contributed by atoms with E-state index in [1.165, 1.54) is 0 Å². The van der Waals surface area contributed by atoms with E-state index in [-0.39, 0.29) is 6.61 Å². The molecule has 94 valence electrons. The Morgan fingerprint density at radius 2 is 1.50 bits per heavy atom. The summed E-state index contributed by atoms with van der Waals surface area (Å²) in [4.78, 5) is 0. The van der Waals surface area contributed by atoms with Crippen molar-refractivity contribution in [1.82, 2.24) is 0 Å². The molecule has 0 saturated heterocycles. The average molecular weight is 282 g/mol. The quantitative estimate of drug-likeness (QED) is 0.885. The van der Waals surface area contributed by atoms with Gasteiger partial charge in [0.25, 0.3) is 0 Å². The summed E-state index contributed by atoms with van der Waals surface area (Å²) < 4.78 is 0. The zero-order valence-corrected chi connectivity index (χ0v) is 11.2. The molecule has 0 bridgehead atoms. The van der Waals surface area contributed by atoms with Crippen molar-refractivity contribution in [3.8, 4) is 0 Å². The Balaban J connectivity index is 2.01. The first-order valence-electron chi connectivity index (χ1n) is 5.56. The Labute approximate surface area is 116 Å². The van der Waals surface area contributed by atoms with Gasteiger partial charge >= 0.3 is 0 Å². The van der Waals surface area contributed by atoms with Crippen molar-refractivity contribution in [1.29, 1.82) is 0 Å². The van der Waals surface area contributed by atoms with Crippen LogP contribution in [0.5, 0.6) is 0 Å². The highest BCUT2D eigenvalue weighted by Crippen LogP contribution is 2.20. The van der Waals surface area contributed by atoms with Crippen LogP contribution < -0.4 is 5.32 Å². The molecular formula is C14H13Cl2NO. The van der Waals surface area contributed by atoms with Gasteiger partial charge in [-0.05, 0) is 41.5 Å². The van der Waals surface area contributed by atoms with Crippen LogP contribution >= 0.6 is 23.2 Å². The minimum absolute atomic E-state index is 0.0597. The SMILES string of the molecule is OCc1ccc(NCc2cc(Cl)cc(Cl)c2)cc1. The van der Waals surface area contributed by atoms with Crippen LogP contribution in [0.2, 0.25) is 10.0 Å². The second-order valence-corrected chi connectivity index (χ2v) is 4.86. The van der Waals surface area contributed by atoms with E-state index < -0.39 is 0 Å². The monoisotopic (exact) mass is 281 g/mol. The summed E-state index contributed by atoms with van der Waals surface area (Å²) >= 11 is 11.9. The maximum absolute atomic E-state index is 8.95. The molecule has 4 heteroatoms. The highest BCUT2D eigenvalue weighted by Gasteiger charge is 1.99. The van der Waals surface area contributed by atoms with Gasteiger partial charge < -0.3 is 10.4 Å². The maximum atomic E-state index is 8.95. The molecule has 0 heterocycles. The number of rotatable bonds is 4. The van der Waals surface area contributed by atoms with Crippen molar-refractivity contribution in [2.45, 2.75) is 13.2 Å². The number of aliphatic hydroxyl groups is 1. The summed E-state index contributed by atoms with van der Waals surface area (Å²) in [7, 11) is 0. The van der Waals surface area contributed by atoms with Crippen LogP contribution in [0.3, 0.4) is 0 Å². The number of hydrogen-bond donors (Lipinski definition) is 2. The fraction of sp³-hybridized carbons (Fsp3) is 0.143. The van der Waals surface area contributed by atoms with Crippen molar-refractivity contribution in [2.75, 3.05) is 5.32 Å². The summed E-state index contributed by atoms with van der Waals surface area (Å²) in [6.45, 7) is 0.711. The first-order valence-corrected chi connectivity index (χ1v) is 6.31. The Kier molecular flexibility index (Phi) is 4.48. The van der Waals surface area contributed by atoms with Crippen LogP contribution in [0.15, 0.2) is 42.5 Å². The summed E-state index contributed by atoms with van der Waals surface area (Å²) in [5.41, 5.74) is 2.91. The van der Waals surface area contributed by atoms with Gasteiger partial charge in [0, 0.05) is 22.3 Å². The van der Waals surface area contributed by atoms with E-state index in [1.807, 2.05) is 36.4 Å². The van der Waals surface area contributed by atoms with E-state index in [4.69, 9.17) is 28.3 Å². The molecule has 0 aliphatic heterocycles. The highest BCUT2D eigenvalue weighted by molar-refractivity contribution is 6.34. The van der Waals surface area contributed by atoms with Crippen LogP contribution in [-0.2, 0) is 13.2 Å². The first kappa shape index (κ1) is 13.2. The average Bonchev–Trinajstić information content (AvgIpc) is 2.36. The van der Waals surface area contributed by atoms with Crippen molar-refractivity contribution in [3.63, 3.8) is 0 Å². The lowest BCUT2D eigenvalue weighted by Gasteiger charge is -2.08. The van der Waals surface area contributed by atoms with Gasteiger partial charge in [-0.2, -0.15) is 0 Å². The Morgan fingerprint density at radius 1 is 0.889 bits per heavy atom. The van der Waals surface area contributed by atoms with Crippen LogP contribution in [-0.4, -0.2) is 5.11 Å². The molecule has 2 aromatic rings. The number of hydrogen-bond acceptors (Lipinski definition) is 2. The van der Waals surface area contributed by atoms with E-state index in [0.717, 1.165) is 16.8 Å². The Morgan fingerprint density at radius 3 is 2.06 bits per heavy atom. The molecule has 0 aliphatic carbocycles. The topological polar surface area (TPSA) is 32.3 Å². The maximum Gasteiger partial charge on any atom is 0.0681 e. The van der Waals surface area contributed by atoms with Gasteiger partial charge in [0.1, 0.15) is 0 Å². The molecule has 0 fully saturated rings. The molecule has 0 radical (unpaired) electrons. The molecule has 2 nitrogen and oxygen atoms in total. The van der Waals surface area contributed by atoms with Crippen molar-refractivity contribution >= 4 is 28.9 Å². The molecule has 0 saturated carbocycles.